The summed E-state index contributed by atoms with van der Waals surface area (Å²) < 4.78 is 5.03. The Morgan fingerprint density at radius 3 is 2.62 bits per heavy atom. The second-order valence-corrected chi connectivity index (χ2v) is 5.47. The number of ether oxygens (including phenoxy) is 1. The fraction of sp³-hybridized carbons (Fsp3) is 0.667. The molecule has 1 aliphatic carbocycles. The lowest BCUT2D eigenvalue weighted by atomic mass is 9.88. The third-order valence-corrected chi connectivity index (χ3v) is 3.94. The average molecular weight is 291 g/mol. The van der Waals surface area contributed by atoms with E-state index in [1.807, 2.05) is 6.92 Å². The van der Waals surface area contributed by atoms with Gasteiger partial charge in [-0.1, -0.05) is 26.2 Å². The molecule has 6 nitrogen and oxygen atoms in total. The minimum atomic E-state index is -0.724. The van der Waals surface area contributed by atoms with Crippen molar-refractivity contribution in [2.75, 3.05) is 6.61 Å². The number of carbonyl (C=O) groups excluding carboxylic acids is 2. The molecule has 6 heteroatoms. The van der Waals surface area contributed by atoms with Gasteiger partial charge in [-0.25, -0.2) is 4.79 Å². The molecular weight excluding hydrogens is 270 g/mol. The van der Waals surface area contributed by atoms with Crippen molar-refractivity contribution in [2.45, 2.75) is 57.5 Å². The summed E-state index contributed by atoms with van der Waals surface area (Å²) in [7, 11) is 0. The van der Waals surface area contributed by atoms with Crippen molar-refractivity contribution in [1.29, 1.82) is 5.26 Å². The maximum Gasteiger partial charge on any atom is 0.351 e. The van der Waals surface area contributed by atoms with Crippen LogP contribution in [0.5, 0.6) is 0 Å². The Balaban J connectivity index is 2.12. The number of fused-ring (bicyclic) bond motifs is 1. The van der Waals surface area contributed by atoms with Crippen LogP contribution in [0.3, 0.4) is 0 Å². The summed E-state index contributed by atoms with van der Waals surface area (Å²) in [6, 6.07) is 1.99. The number of amides is 1. The van der Waals surface area contributed by atoms with E-state index in [0.717, 1.165) is 38.5 Å². The third kappa shape index (κ3) is 3.54. The smallest absolute Gasteiger partial charge is 0.351 e. The second kappa shape index (κ2) is 7.11. The molecule has 1 aliphatic heterocycles. The fourth-order valence-corrected chi connectivity index (χ4v) is 2.74. The monoisotopic (exact) mass is 291 g/mol. The van der Waals surface area contributed by atoms with E-state index >= 15 is 0 Å². The molecule has 21 heavy (non-hydrogen) atoms. The fourth-order valence-electron chi connectivity index (χ4n) is 2.74. The van der Waals surface area contributed by atoms with Crippen LogP contribution in [0.2, 0.25) is 0 Å². The number of esters is 1. The van der Waals surface area contributed by atoms with Gasteiger partial charge in [0.1, 0.15) is 11.8 Å². The Kier molecular flexibility index (Phi) is 5.20. The minimum absolute atomic E-state index is 0.0575. The van der Waals surface area contributed by atoms with Gasteiger partial charge >= 0.3 is 5.97 Å². The van der Waals surface area contributed by atoms with Gasteiger partial charge in [-0.15, -0.1) is 0 Å². The van der Waals surface area contributed by atoms with Crippen LogP contribution < -0.4 is 10.6 Å². The van der Waals surface area contributed by atoms with Gasteiger partial charge in [-0.3, -0.25) is 4.79 Å². The lowest BCUT2D eigenvalue weighted by Crippen LogP contribution is -2.59. The van der Waals surface area contributed by atoms with Gasteiger partial charge in [-0.05, 0) is 19.3 Å². The molecule has 1 saturated carbocycles. The maximum atomic E-state index is 12.1. The van der Waals surface area contributed by atoms with Crippen LogP contribution in [-0.2, 0) is 14.3 Å². The first-order chi connectivity index (χ1) is 10.2. The summed E-state index contributed by atoms with van der Waals surface area (Å²) in [4.78, 5) is 24.0. The van der Waals surface area contributed by atoms with Crippen molar-refractivity contribution in [3.8, 4) is 6.07 Å². The molecule has 1 amide bonds. The molecule has 2 fully saturated rings. The lowest BCUT2D eigenvalue weighted by Gasteiger charge is -2.38. The number of carbonyl (C=O) groups is 2. The van der Waals surface area contributed by atoms with Crippen molar-refractivity contribution in [2.24, 2.45) is 0 Å². The summed E-state index contributed by atoms with van der Waals surface area (Å²) >= 11 is 0. The number of nitriles is 1. The van der Waals surface area contributed by atoms with E-state index in [1.165, 1.54) is 0 Å². The summed E-state index contributed by atoms with van der Waals surface area (Å²) in [6.07, 6.45) is 5.67. The van der Waals surface area contributed by atoms with E-state index in [0.29, 0.717) is 0 Å². The van der Waals surface area contributed by atoms with Gasteiger partial charge in [0.2, 0.25) is 0 Å². The zero-order valence-electron chi connectivity index (χ0n) is 12.3. The molecule has 0 aromatic rings. The van der Waals surface area contributed by atoms with E-state index in [9.17, 15) is 14.9 Å². The average Bonchev–Trinajstić information content (AvgIpc) is 2.49. The normalized spacial score (nSPS) is 26.8. The Morgan fingerprint density at radius 2 is 2.00 bits per heavy atom. The molecule has 0 aromatic carbocycles. The van der Waals surface area contributed by atoms with Crippen molar-refractivity contribution >= 4 is 11.9 Å². The molecule has 0 unspecified atom stereocenters. The molecule has 2 rings (SSSR count). The van der Waals surface area contributed by atoms with E-state index in [-0.39, 0.29) is 35.9 Å². The van der Waals surface area contributed by atoms with E-state index in [4.69, 9.17) is 4.74 Å². The molecule has 2 aliphatic rings. The van der Waals surface area contributed by atoms with Gasteiger partial charge in [0.05, 0.1) is 6.61 Å². The quantitative estimate of drug-likeness (QED) is 0.351. The number of unbranched alkanes of at least 4 members (excludes halogenated alkanes) is 1. The number of nitrogens with zero attached hydrogens (tertiary/aromatic N) is 1. The molecule has 2 N–H and O–H groups in total. The van der Waals surface area contributed by atoms with Gasteiger partial charge < -0.3 is 15.4 Å². The van der Waals surface area contributed by atoms with Crippen molar-refractivity contribution in [3.63, 3.8) is 0 Å². The zero-order chi connectivity index (χ0) is 15.2. The van der Waals surface area contributed by atoms with Crippen LogP contribution in [0.1, 0.15) is 45.4 Å². The molecule has 114 valence electrons. The highest BCUT2D eigenvalue weighted by molar-refractivity contribution is 6.05. The highest BCUT2D eigenvalue weighted by Gasteiger charge is 2.36. The van der Waals surface area contributed by atoms with Crippen LogP contribution in [-0.4, -0.2) is 30.6 Å². The van der Waals surface area contributed by atoms with Crippen molar-refractivity contribution in [1.82, 2.24) is 10.6 Å². The van der Waals surface area contributed by atoms with Crippen LogP contribution >= 0.6 is 0 Å². The first kappa shape index (κ1) is 15.4. The standard InChI is InChI=1S/C15H21N3O3/c1-2-3-8-21-15(20)10(9-16)13-14(19)18-12-7-5-4-6-11(12)17-13/h11-12,17H,2-8H2,1H3,(H,18,19)/b13-10-/t11-,12-/m0/s1. The molecule has 0 spiro atoms. The molecular formula is C15H21N3O3. The van der Waals surface area contributed by atoms with E-state index < -0.39 is 5.97 Å². The van der Waals surface area contributed by atoms with Crippen LogP contribution in [0, 0.1) is 11.3 Å². The van der Waals surface area contributed by atoms with Gasteiger partial charge in [0, 0.05) is 12.1 Å². The Hall–Kier alpha value is -2.03. The van der Waals surface area contributed by atoms with Gasteiger partial charge in [0.15, 0.2) is 5.57 Å². The first-order valence-electron chi connectivity index (χ1n) is 7.56. The van der Waals surface area contributed by atoms with E-state index in [2.05, 4.69) is 10.6 Å². The van der Waals surface area contributed by atoms with Crippen molar-refractivity contribution in [3.05, 3.63) is 11.3 Å². The molecule has 1 heterocycles. The maximum absolute atomic E-state index is 12.1. The summed E-state index contributed by atoms with van der Waals surface area (Å²) in [5, 5.41) is 15.1. The number of nitrogens with one attached hydrogen (secondary N) is 2. The Bertz CT molecular complexity index is 493. The zero-order valence-corrected chi connectivity index (χ0v) is 12.3. The molecule has 0 aromatic heterocycles. The summed E-state index contributed by atoms with van der Waals surface area (Å²) in [5.41, 5.74) is -0.172. The highest BCUT2D eigenvalue weighted by Crippen LogP contribution is 2.23. The number of hydrogen-bond acceptors (Lipinski definition) is 5. The lowest BCUT2D eigenvalue weighted by molar-refractivity contribution is -0.139. The Labute approximate surface area is 124 Å². The van der Waals surface area contributed by atoms with Crippen LogP contribution in [0.25, 0.3) is 0 Å². The summed E-state index contributed by atoms with van der Waals surface area (Å²) in [6.45, 7) is 2.25. The second-order valence-electron chi connectivity index (χ2n) is 5.47. The van der Waals surface area contributed by atoms with Gasteiger partial charge in [0.25, 0.3) is 5.91 Å². The topological polar surface area (TPSA) is 91.2 Å². The predicted molar refractivity (Wildman–Crippen MR) is 75.8 cm³/mol. The largest absolute Gasteiger partial charge is 0.462 e. The molecule has 0 radical (unpaired) electrons. The van der Waals surface area contributed by atoms with Crippen LogP contribution in [0.4, 0.5) is 0 Å². The van der Waals surface area contributed by atoms with Crippen molar-refractivity contribution < 1.29 is 14.3 Å². The number of hydrogen-bond donors (Lipinski definition) is 2. The van der Waals surface area contributed by atoms with Crippen LogP contribution in [0.15, 0.2) is 11.3 Å². The minimum Gasteiger partial charge on any atom is -0.462 e. The molecule has 1 saturated heterocycles. The SMILES string of the molecule is CCCCOC(=O)/C(C#N)=C1\N[C@H]2CCCC[C@@H]2NC1=O. The van der Waals surface area contributed by atoms with Gasteiger partial charge in [-0.2, -0.15) is 5.26 Å². The van der Waals surface area contributed by atoms with E-state index in [1.54, 1.807) is 6.07 Å². The Morgan fingerprint density at radius 1 is 1.33 bits per heavy atom. The molecule has 0 bridgehead atoms. The number of piperazine rings is 1. The molecule has 2 atom stereocenters. The summed E-state index contributed by atoms with van der Waals surface area (Å²) in [5.74, 6) is -1.11. The first-order valence-corrected chi connectivity index (χ1v) is 7.56. The third-order valence-electron chi connectivity index (χ3n) is 3.94. The highest BCUT2D eigenvalue weighted by atomic mass is 16.5. The predicted octanol–water partition coefficient (Wildman–Crippen LogP) is 1.14. The number of rotatable bonds is 4.